The van der Waals surface area contributed by atoms with E-state index in [2.05, 4.69) is 29.7 Å². The van der Waals surface area contributed by atoms with Crippen molar-refractivity contribution in [3.63, 3.8) is 0 Å². The average molecular weight is 221 g/mol. The van der Waals surface area contributed by atoms with Gasteiger partial charge in [0, 0.05) is 6.54 Å². The molecule has 0 unspecified atom stereocenters. The van der Waals surface area contributed by atoms with Crippen LogP contribution in [0, 0.1) is 0 Å². The first-order chi connectivity index (χ1) is 7.67. The van der Waals surface area contributed by atoms with Crippen molar-refractivity contribution < 1.29 is 9.53 Å². The SMILES string of the molecule is CCN(C)Cc1ccccc1CC(=O)OC. The summed E-state index contributed by atoms with van der Waals surface area (Å²) in [4.78, 5) is 13.5. The Morgan fingerprint density at radius 2 is 1.94 bits per heavy atom. The van der Waals surface area contributed by atoms with E-state index in [9.17, 15) is 4.79 Å². The monoisotopic (exact) mass is 221 g/mol. The van der Waals surface area contributed by atoms with Gasteiger partial charge in [-0.15, -0.1) is 0 Å². The summed E-state index contributed by atoms with van der Waals surface area (Å²) in [6.45, 7) is 3.97. The van der Waals surface area contributed by atoms with Crippen LogP contribution in [0.25, 0.3) is 0 Å². The quantitative estimate of drug-likeness (QED) is 0.711. The van der Waals surface area contributed by atoms with E-state index in [1.807, 2.05) is 18.2 Å². The number of rotatable bonds is 5. The maximum Gasteiger partial charge on any atom is 0.309 e. The van der Waals surface area contributed by atoms with Crippen LogP contribution in [0.4, 0.5) is 0 Å². The van der Waals surface area contributed by atoms with E-state index in [0.29, 0.717) is 6.42 Å². The van der Waals surface area contributed by atoms with Crippen molar-refractivity contribution >= 4 is 5.97 Å². The van der Waals surface area contributed by atoms with Gasteiger partial charge in [0.05, 0.1) is 13.5 Å². The van der Waals surface area contributed by atoms with Gasteiger partial charge >= 0.3 is 5.97 Å². The van der Waals surface area contributed by atoms with Crippen LogP contribution in [0.15, 0.2) is 24.3 Å². The molecule has 0 heterocycles. The summed E-state index contributed by atoms with van der Waals surface area (Å²) >= 11 is 0. The molecule has 3 heteroatoms. The summed E-state index contributed by atoms with van der Waals surface area (Å²) < 4.78 is 4.69. The molecule has 0 spiro atoms. The number of benzene rings is 1. The first-order valence-corrected chi connectivity index (χ1v) is 5.49. The number of nitrogens with zero attached hydrogens (tertiary/aromatic N) is 1. The Morgan fingerprint density at radius 1 is 1.31 bits per heavy atom. The zero-order valence-electron chi connectivity index (χ0n) is 10.2. The number of methoxy groups -OCH3 is 1. The second-order valence-electron chi connectivity index (χ2n) is 3.85. The Bertz CT molecular complexity index is 350. The maximum absolute atomic E-state index is 11.3. The predicted octanol–water partition coefficient (Wildman–Crippen LogP) is 1.85. The summed E-state index contributed by atoms with van der Waals surface area (Å²) in [6, 6.07) is 7.99. The normalized spacial score (nSPS) is 10.5. The number of ether oxygens (including phenoxy) is 1. The Labute approximate surface area is 97.0 Å². The van der Waals surface area contributed by atoms with Crippen LogP contribution in [0.3, 0.4) is 0 Å². The first kappa shape index (κ1) is 12.7. The molecule has 0 fully saturated rings. The smallest absolute Gasteiger partial charge is 0.309 e. The summed E-state index contributed by atoms with van der Waals surface area (Å²) in [6.07, 6.45) is 0.351. The molecule has 0 aliphatic carbocycles. The lowest BCUT2D eigenvalue weighted by molar-refractivity contribution is -0.139. The van der Waals surface area contributed by atoms with Crippen molar-refractivity contribution in [2.24, 2.45) is 0 Å². The van der Waals surface area contributed by atoms with Crippen LogP contribution in [0.2, 0.25) is 0 Å². The van der Waals surface area contributed by atoms with Crippen LogP contribution < -0.4 is 0 Å². The van der Waals surface area contributed by atoms with Gasteiger partial charge in [-0.3, -0.25) is 4.79 Å². The minimum absolute atomic E-state index is 0.188. The molecule has 0 aliphatic rings. The Hall–Kier alpha value is -1.35. The Morgan fingerprint density at radius 3 is 2.50 bits per heavy atom. The highest BCUT2D eigenvalue weighted by Crippen LogP contribution is 2.12. The molecule has 0 aliphatic heterocycles. The lowest BCUT2D eigenvalue weighted by atomic mass is 10.0. The summed E-state index contributed by atoms with van der Waals surface area (Å²) in [5.74, 6) is -0.188. The van der Waals surface area contributed by atoms with E-state index in [1.54, 1.807) is 0 Å². The van der Waals surface area contributed by atoms with Crippen molar-refractivity contribution in [1.82, 2.24) is 4.90 Å². The van der Waals surface area contributed by atoms with Crippen LogP contribution >= 0.6 is 0 Å². The number of carbonyl (C=O) groups excluding carboxylic acids is 1. The highest BCUT2D eigenvalue weighted by molar-refractivity contribution is 5.72. The lowest BCUT2D eigenvalue weighted by Gasteiger charge is -2.16. The zero-order chi connectivity index (χ0) is 12.0. The van der Waals surface area contributed by atoms with E-state index in [-0.39, 0.29) is 5.97 Å². The number of esters is 1. The fraction of sp³-hybridized carbons (Fsp3) is 0.462. The zero-order valence-corrected chi connectivity index (χ0v) is 10.2. The van der Waals surface area contributed by atoms with Gasteiger partial charge in [0.15, 0.2) is 0 Å². The van der Waals surface area contributed by atoms with E-state index < -0.39 is 0 Å². The van der Waals surface area contributed by atoms with E-state index in [0.717, 1.165) is 18.7 Å². The van der Waals surface area contributed by atoms with Gasteiger partial charge in [-0.05, 0) is 24.7 Å². The number of hydrogen-bond acceptors (Lipinski definition) is 3. The molecule has 1 aromatic carbocycles. The van der Waals surface area contributed by atoms with Crippen molar-refractivity contribution in [3.8, 4) is 0 Å². The Balaban J connectivity index is 2.79. The summed E-state index contributed by atoms with van der Waals surface area (Å²) in [5.41, 5.74) is 2.24. The molecule has 16 heavy (non-hydrogen) atoms. The molecule has 0 aromatic heterocycles. The molecule has 0 saturated heterocycles. The Kier molecular flexibility index (Phi) is 4.99. The molecule has 0 bridgehead atoms. The summed E-state index contributed by atoms with van der Waals surface area (Å²) in [7, 11) is 3.48. The van der Waals surface area contributed by atoms with Gasteiger partial charge in [0.25, 0.3) is 0 Å². The maximum atomic E-state index is 11.3. The molecular weight excluding hydrogens is 202 g/mol. The number of carbonyl (C=O) groups is 1. The van der Waals surface area contributed by atoms with Gasteiger partial charge < -0.3 is 9.64 Å². The molecule has 0 N–H and O–H groups in total. The van der Waals surface area contributed by atoms with Crippen molar-refractivity contribution in [1.29, 1.82) is 0 Å². The van der Waals surface area contributed by atoms with E-state index >= 15 is 0 Å². The average Bonchev–Trinajstić information content (AvgIpc) is 2.31. The van der Waals surface area contributed by atoms with Gasteiger partial charge in [0.1, 0.15) is 0 Å². The highest BCUT2D eigenvalue weighted by Gasteiger charge is 2.08. The minimum atomic E-state index is -0.188. The van der Waals surface area contributed by atoms with Gasteiger partial charge in [-0.1, -0.05) is 31.2 Å². The third-order valence-corrected chi connectivity index (χ3v) is 2.66. The minimum Gasteiger partial charge on any atom is -0.469 e. The van der Waals surface area contributed by atoms with Crippen molar-refractivity contribution in [3.05, 3.63) is 35.4 Å². The second-order valence-corrected chi connectivity index (χ2v) is 3.85. The van der Waals surface area contributed by atoms with Crippen molar-refractivity contribution in [2.45, 2.75) is 19.9 Å². The fourth-order valence-electron chi connectivity index (χ4n) is 1.51. The molecule has 1 aromatic rings. The lowest BCUT2D eigenvalue weighted by Crippen LogP contribution is -2.18. The van der Waals surface area contributed by atoms with Crippen LogP contribution in [-0.4, -0.2) is 31.6 Å². The van der Waals surface area contributed by atoms with Crippen LogP contribution in [0.1, 0.15) is 18.1 Å². The molecule has 88 valence electrons. The standard InChI is InChI=1S/C13H19NO2/c1-4-14(2)10-12-8-6-5-7-11(12)9-13(15)16-3/h5-8H,4,9-10H2,1-3H3. The predicted molar refractivity (Wildman–Crippen MR) is 64.2 cm³/mol. The first-order valence-electron chi connectivity index (χ1n) is 5.49. The third-order valence-electron chi connectivity index (χ3n) is 2.66. The van der Waals surface area contributed by atoms with Gasteiger partial charge in [-0.2, -0.15) is 0 Å². The molecule has 0 atom stereocenters. The van der Waals surface area contributed by atoms with Crippen molar-refractivity contribution in [2.75, 3.05) is 20.7 Å². The molecule has 1 rings (SSSR count). The highest BCUT2D eigenvalue weighted by atomic mass is 16.5. The van der Waals surface area contributed by atoms with Gasteiger partial charge in [0.2, 0.25) is 0 Å². The number of hydrogen-bond donors (Lipinski definition) is 0. The largest absolute Gasteiger partial charge is 0.469 e. The third kappa shape index (κ3) is 3.66. The molecule has 0 amide bonds. The molecule has 0 saturated carbocycles. The van der Waals surface area contributed by atoms with E-state index in [1.165, 1.54) is 12.7 Å². The molecular formula is C13H19NO2. The van der Waals surface area contributed by atoms with E-state index in [4.69, 9.17) is 0 Å². The summed E-state index contributed by atoms with van der Waals surface area (Å²) in [5, 5.41) is 0. The second kappa shape index (κ2) is 6.28. The molecule has 0 radical (unpaired) electrons. The molecule has 3 nitrogen and oxygen atoms in total. The van der Waals surface area contributed by atoms with Gasteiger partial charge in [-0.25, -0.2) is 0 Å². The van der Waals surface area contributed by atoms with Crippen LogP contribution in [0.5, 0.6) is 0 Å². The topological polar surface area (TPSA) is 29.5 Å². The fourth-order valence-corrected chi connectivity index (χ4v) is 1.51. The van der Waals surface area contributed by atoms with Crippen LogP contribution in [-0.2, 0) is 22.5 Å².